The highest BCUT2D eigenvalue weighted by molar-refractivity contribution is 9.10. The van der Waals surface area contributed by atoms with Crippen LogP contribution in [-0.4, -0.2) is 11.0 Å². The summed E-state index contributed by atoms with van der Waals surface area (Å²) in [5.74, 6) is 0.481. The molecule has 1 aliphatic rings. The molecule has 0 saturated carbocycles. The van der Waals surface area contributed by atoms with Crippen molar-refractivity contribution in [2.75, 3.05) is 0 Å². The van der Waals surface area contributed by atoms with Crippen molar-refractivity contribution >= 4 is 44.5 Å². The van der Waals surface area contributed by atoms with Gasteiger partial charge in [0.15, 0.2) is 0 Å². The van der Waals surface area contributed by atoms with Crippen molar-refractivity contribution in [1.82, 2.24) is 4.98 Å². The van der Waals surface area contributed by atoms with E-state index >= 15 is 0 Å². The molecule has 5 heteroatoms. The summed E-state index contributed by atoms with van der Waals surface area (Å²) in [7, 11) is 0. The number of carbonyl (C=O) groups is 1. The van der Waals surface area contributed by atoms with Gasteiger partial charge in [-0.05, 0) is 72.4 Å². The van der Waals surface area contributed by atoms with Crippen LogP contribution < -0.4 is 0 Å². The molecule has 4 nitrogen and oxygen atoms in total. The number of pyridine rings is 1. The molecule has 4 aromatic rings. The van der Waals surface area contributed by atoms with Crippen LogP contribution in [0.2, 0.25) is 0 Å². The zero-order chi connectivity index (χ0) is 21.2. The van der Waals surface area contributed by atoms with Crippen LogP contribution in [0.5, 0.6) is 0 Å². The van der Waals surface area contributed by atoms with Crippen molar-refractivity contribution < 1.29 is 13.9 Å². The molecule has 0 saturated heterocycles. The van der Waals surface area contributed by atoms with Gasteiger partial charge in [0.2, 0.25) is 0 Å². The summed E-state index contributed by atoms with van der Waals surface area (Å²) in [6.45, 7) is 0.229. The van der Waals surface area contributed by atoms with Crippen LogP contribution in [0.4, 0.5) is 0 Å². The maximum Gasteiger partial charge on any atom is 0.339 e. The van der Waals surface area contributed by atoms with E-state index in [0.717, 1.165) is 62.8 Å². The third-order valence-electron chi connectivity index (χ3n) is 5.52. The van der Waals surface area contributed by atoms with E-state index in [0.29, 0.717) is 5.56 Å². The Morgan fingerprint density at radius 3 is 2.71 bits per heavy atom. The van der Waals surface area contributed by atoms with Crippen molar-refractivity contribution in [1.29, 1.82) is 0 Å². The number of fused-ring (bicyclic) bond motifs is 2. The molecule has 5 rings (SSSR count). The van der Waals surface area contributed by atoms with E-state index in [-0.39, 0.29) is 12.6 Å². The Labute approximate surface area is 188 Å². The van der Waals surface area contributed by atoms with E-state index in [1.54, 1.807) is 6.26 Å². The number of benzene rings is 2. The molecule has 0 radical (unpaired) electrons. The molecule has 0 fully saturated rings. The number of esters is 1. The van der Waals surface area contributed by atoms with E-state index in [4.69, 9.17) is 14.1 Å². The summed E-state index contributed by atoms with van der Waals surface area (Å²) in [4.78, 5) is 18.2. The largest absolute Gasteiger partial charge is 0.465 e. The molecule has 0 atom stereocenters. The van der Waals surface area contributed by atoms with Crippen LogP contribution in [0.1, 0.15) is 45.8 Å². The Morgan fingerprint density at radius 1 is 1.06 bits per heavy atom. The normalized spacial score (nSPS) is 14.5. The van der Waals surface area contributed by atoms with Gasteiger partial charge in [0.25, 0.3) is 0 Å². The molecule has 0 N–H and O–H groups in total. The zero-order valence-corrected chi connectivity index (χ0v) is 18.4. The SMILES string of the molecule is O=C(OCc1ccc(Br)cc1)c1c2c(nc3ccccc13)C(=Cc1ccco1)CCC2. The van der Waals surface area contributed by atoms with Crippen molar-refractivity contribution in [3.8, 4) is 0 Å². The van der Waals surface area contributed by atoms with E-state index in [9.17, 15) is 4.79 Å². The van der Waals surface area contributed by atoms with E-state index in [1.165, 1.54) is 0 Å². The number of aromatic nitrogens is 1. The number of hydrogen-bond acceptors (Lipinski definition) is 4. The standard InChI is InChI=1S/C26H20BrNO3/c27-19-12-10-17(11-13-19)16-31-26(29)24-21-7-1-2-9-23(21)28-25-18(5-3-8-22(24)25)15-20-6-4-14-30-20/h1-2,4,6-7,9-15H,3,5,8,16H2. The molecule has 0 aliphatic heterocycles. The fourth-order valence-corrected chi connectivity index (χ4v) is 4.32. The number of halogens is 1. The van der Waals surface area contributed by atoms with Crippen molar-refractivity contribution in [3.63, 3.8) is 0 Å². The highest BCUT2D eigenvalue weighted by Crippen LogP contribution is 2.36. The van der Waals surface area contributed by atoms with Crippen molar-refractivity contribution in [2.45, 2.75) is 25.9 Å². The number of nitrogens with zero attached hydrogens (tertiary/aromatic N) is 1. The first-order valence-corrected chi connectivity index (χ1v) is 11.1. The van der Waals surface area contributed by atoms with Crippen molar-refractivity contribution in [3.05, 3.63) is 99.5 Å². The molecule has 2 aromatic carbocycles. The Hall–Kier alpha value is -3.18. The third kappa shape index (κ3) is 4.06. The Morgan fingerprint density at radius 2 is 1.90 bits per heavy atom. The first kappa shape index (κ1) is 19.8. The lowest BCUT2D eigenvalue weighted by Gasteiger charge is -2.22. The first-order chi connectivity index (χ1) is 15.2. The molecule has 0 unspecified atom stereocenters. The third-order valence-corrected chi connectivity index (χ3v) is 6.05. The second kappa shape index (κ2) is 8.52. The number of furan rings is 1. The minimum absolute atomic E-state index is 0.229. The van der Waals surface area contributed by atoms with Gasteiger partial charge in [0.05, 0.1) is 23.0 Å². The quantitative estimate of drug-likeness (QED) is 0.305. The highest BCUT2D eigenvalue weighted by atomic mass is 79.9. The molecule has 2 heterocycles. The topological polar surface area (TPSA) is 52.3 Å². The number of ether oxygens (including phenoxy) is 1. The number of hydrogen-bond donors (Lipinski definition) is 0. The summed E-state index contributed by atoms with van der Waals surface area (Å²) >= 11 is 3.43. The van der Waals surface area contributed by atoms with E-state index < -0.39 is 0 Å². The molecule has 31 heavy (non-hydrogen) atoms. The van der Waals surface area contributed by atoms with Gasteiger partial charge in [-0.1, -0.05) is 46.3 Å². The lowest BCUT2D eigenvalue weighted by atomic mass is 9.86. The zero-order valence-electron chi connectivity index (χ0n) is 16.8. The van der Waals surface area contributed by atoms with E-state index in [1.807, 2.05) is 66.7 Å². The summed E-state index contributed by atoms with van der Waals surface area (Å²) in [5.41, 5.74) is 5.29. The Bertz CT molecular complexity index is 1270. The van der Waals surface area contributed by atoms with Gasteiger partial charge in [0.1, 0.15) is 12.4 Å². The summed E-state index contributed by atoms with van der Waals surface area (Å²) in [6.07, 6.45) is 6.33. The average Bonchev–Trinajstić information content (AvgIpc) is 3.30. The Balaban J connectivity index is 1.57. The summed E-state index contributed by atoms with van der Waals surface area (Å²) < 4.78 is 12.3. The molecule has 0 amide bonds. The average molecular weight is 474 g/mol. The van der Waals surface area contributed by atoms with Gasteiger partial charge < -0.3 is 9.15 Å². The number of carbonyl (C=O) groups excluding carboxylic acids is 1. The molecule has 0 bridgehead atoms. The van der Waals surface area contributed by atoms with Crippen LogP contribution >= 0.6 is 15.9 Å². The summed E-state index contributed by atoms with van der Waals surface area (Å²) in [5, 5.41) is 0.835. The predicted molar refractivity (Wildman–Crippen MR) is 125 cm³/mol. The molecular weight excluding hydrogens is 454 g/mol. The highest BCUT2D eigenvalue weighted by Gasteiger charge is 2.26. The van der Waals surface area contributed by atoms with Gasteiger partial charge in [-0.2, -0.15) is 0 Å². The molecule has 2 aromatic heterocycles. The fourth-order valence-electron chi connectivity index (χ4n) is 4.05. The van der Waals surface area contributed by atoms with Gasteiger partial charge in [-0.25, -0.2) is 9.78 Å². The fraction of sp³-hybridized carbons (Fsp3) is 0.154. The van der Waals surface area contributed by atoms with Gasteiger partial charge in [-0.15, -0.1) is 0 Å². The maximum absolute atomic E-state index is 13.3. The second-order valence-corrected chi connectivity index (χ2v) is 8.49. The van der Waals surface area contributed by atoms with Crippen LogP contribution in [-0.2, 0) is 17.8 Å². The van der Waals surface area contributed by atoms with Gasteiger partial charge in [-0.3, -0.25) is 0 Å². The molecule has 1 aliphatic carbocycles. The van der Waals surface area contributed by atoms with Crippen LogP contribution in [0.15, 0.2) is 75.8 Å². The lowest BCUT2D eigenvalue weighted by molar-refractivity contribution is 0.0473. The molecule has 0 spiro atoms. The monoisotopic (exact) mass is 473 g/mol. The predicted octanol–water partition coefficient (Wildman–Crippen LogP) is 6.82. The van der Waals surface area contributed by atoms with Gasteiger partial charge >= 0.3 is 5.97 Å². The molecule has 154 valence electrons. The number of rotatable bonds is 4. The second-order valence-electron chi connectivity index (χ2n) is 7.57. The van der Waals surface area contributed by atoms with Gasteiger partial charge in [0, 0.05) is 9.86 Å². The smallest absolute Gasteiger partial charge is 0.339 e. The van der Waals surface area contributed by atoms with Crippen LogP contribution in [0.3, 0.4) is 0 Å². The summed E-state index contributed by atoms with van der Waals surface area (Å²) in [6, 6.07) is 19.3. The van der Waals surface area contributed by atoms with Crippen LogP contribution in [0.25, 0.3) is 22.6 Å². The minimum Gasteiger partial charge on any atom is -0.465 e. The maximum atomic E-state index is 13.3. The van der Waals surface area contributed by atoms with Crippen LogP contribution in [0, 0.1) is 0 Å². The van der Waals surface area contributed by atoms with E-state index in [2.05, 4.69) is 15.9 Å². The minimum atomic E-state index is -0.308. The Kier molecular flexibility index (Phi) is 5.43. The van der Waals surface area contributed by atoms with Crippen molar-refractivity contribution in [2.24, 2.45) is 0 Å². The number of allylic oxidation sites excluding steroid dienone is 1. The first-order valence-electron chi connectivity index (χ1n) is 10.3. The number of para-hydroxylation sites is 1. The lowest BCUT2D eigenvalue weighted by Crippen LogP contribution is -2.15. The molecular formula is C26H20BrNO3.